The maximum absolute atomic E-state index is 12.8. The van der Waals surface area contributed by atoms with Crippen molar-refractivity contribution in [3.05, 3.63) is 41.4 Å². The minimum Gasteiger partial charge on any atom is -0.352 e. The predicted molar refractivity (Wildman–Crippen MR) is 69.3 cm³/mol. The summed E-state index contributed by atoms with van der Waals surface area (Å²) in [6, 6.07) is 4.53. The Kier molecular flexibility index (Phi) is 3.17. The van der Waals surface area contributed by atoms with Crippen LogP contribution < -0.4 is 5.32 Å². The second-order valence-electron chi connectivity index (χ2n) is 4.06. The first-order valence-electron chi connectivity index (χ1n) is 5.65. The van der Waals surface area contributed by atoms with Gasteiger partial charge >= 0.3 is 6.18 Å². The van der Waals surface area contributed by atoms with Gasteiger partial charge in [-0.3, -0.25) is 0 Å². The van der Waals surface area contributed by atoms with Gasteiger partial charge in [-0.15, -0.1) is 0 Å². The predicted octanol–water partition coefficient (Wildman–Crippen LogP) is 4.03. The van der Waals surface area contributed by atoms with Crippen molar-refractivity contribution in [3.63, 3.8) is 0 Å². The summed E-state index contributed by atoms with van der Waals surface area (Å²) in [4.78, 5) is 7.14. The molecule has 0 aliphatic carbocycles. The van der Waals surface area contributed by atoms with Crippen molar-refractivity contribution in [1.29, 1.82) is 0 Å². The van der Waals surface area contributed by atoms with Gasteiger partial charge in [0, 0.05) is 6.20 Å². The van der Waals surface area contributed by atoms with Gasteiger partial charge in [0.25, 0.3) is 0 Å². The fourth-order valence-corrected chi connectivity index (χ4v) is 1.86. The molecule has 108 valence electrons. The third-order valence-corrected chi connectivity index (χ3v) is 2.87. The first-order valence-corrected chi connectivity index (χ1v) is 6.03. The van der Waals surface area contributed by atoms with E-state index in [9.17, 15) is 13.2 Å². The molecule has 3 rings (SSSR count). The average Bonchev–Trinajstić information content (AvgIpc) is 2.83. The largest absolute Gasteiger partial charge is 0.437 e. The van der Waals surface area contributed by atoms with Crippen molar-refractivity contribution in [1.82, 2.24) is 15.1 Å². The smallest absolute Gasteiger partial charge is 0.352 e. The molecule has 0 aliphatic rings. The summed E-state index contributed by atoms with van der Waals surface area (Å²) < 4.78 is 43.2. The SMILES string of the molecule is FC(F)(F)c1nccc2c(Nc3ccc(Cl)nc3)noc12. The van der Waals surface area contributed by atoms with Crippen LogP contribution in [-0.2, 0) is 6.18 Å². The Bertz CT molecular complexity index is 785. The van der Waals surface area contributed by atoms with Gasteiger partial charge in [-0.1, -0.05) is 16.8 Å². The van der Waals surface area contributed by atoms with Crippen molar-refractivity contribution >= 4 is 34.1 Å². The van der Waals surface area contributed by atoms with E-state index in [1.54, 1.807) is 6.07 Å². The standard InChI is InChI=1S/C12H6ClF3N4O/c13-8-2-1-6(5-18-8)19-11-7-3-4-17-10(12(14,15)16)9(7)21-20-11/h1-5H,(H,19,20). The first kappa shape index (κ1) is 13.6. The number of hydrogen-bond donors (Lipinski definition) is 1. The maximum Gasteiger partial charge on any atom is 0.437 e. The van der Waals surface area contributed by atoms with Crippen LogP contribution in [0.1, 0.15) is 5.69 Å². The van der Waals surface area contributed by atoms with E-state index in [0.29, 0.717) is 10.8 Å². The van der Waals surface area contributed by atoms with Gasteiger partial charge in [-0.25, -0.2) is 9.97 Å². The molecule has 0 aromatic carbocycles. The van der Waals surface area contributed by atoms with Crippen molar-refractivity contribution < 1.29 is 17.7 Å². The van der Waals surface area contributed by atoms with Crippen LogP contribution in [0.3, 0.4) is 0 Å². The number of anilines is 2. The van der Waals surface area contributed by atoms with E-state index in [0.717, 1.165) is 6.20 Å². The zero-order valence-electron chi connectivity index (χ0n) is 10.1. The molecule has 0 unspecified atom stereocenters. The van der Waals surface area contributed by atoms with E-state index in [1.807, 2.05) is 0 Å². The third kappa shape index (κ3) is 2.62. The van der Waals surface area contributed by atoms with Gasteiger partial charge in [0.15, 0.2) is 17.1 Å². The summed E-state index contributed by atoms with van der Waals surface area (Å²) in [5.41, 5.74) is -1.02. The van der Waals surface area contributed by atoms with Crippen molar-refractivity contribution in [2.24, 2.45) is 0 Å². The third-order valence-electron chi connectivity index (χ3n) is 2.65. The Hall–Kier alpha value is -2.35. The lowest BCUT2D eigenvalue weighted by Crippen LogP contribution is -2.07. The van der Waals surface area contributed by atoms with Crippen LogP contribution in [0.5, 0.6) is 0 Å². The Labute approximate surface area is 120 Å². The number of halogens is 4. The molecule has 0 atom stereocenters. The fourth-order valence-electron chi connectivity index (χ4n) is 1.75. The maximum atomic E-state index is 12.8. The zero-order chi connectivity index (χ0) is 15.0. The molecule has 21 heavy (non-hydrogen) atoms. The Morgan fingerprint density at radius 3 is 2.62 bits per heavy atom. The van der Waals surface area contributed by atoms with Crippen molar-refractivity contribution in [2.75, 3.05) is 5.32 Å². The monoisotopic (exact) mass is 314 g/mol. The molecular formula is C12H6ClF3N4O. The minimum atomic E-state index is -4.61. The number of nitrogens with zero attached hydrogens (tertiary/aromatic N) is 3. The lowest BCUT2D eigenvalue weighted by molar-refractivity contribution is -0.140. The van der Waals surface area contributed by atoms with Crippen LogP contribution in [0.4, 0.5) is 24.7 Å². The second kappa shape index (κ2) is 4.88. The molecule has 5 nitrogen and oxygen atoms in total. The lowest BCUT2D eigenvalue weighted by Gasteiger charge is -2.05. The molecule has 0 fully saturated rings. The normalized spacial score (nSPS) is 11.8. The van der Waals surface area contributed by atoms with Gasteiger partial charge in [-0.05, 0) is 18.2 Å². The Balaban J connectivity index is 2.03. The molecule has 3 heterocycles. The highest BCUT2D eigenvalue weighted by Gasteiger charge is 2.37. The number of nitrogens with one attached hydrogen (secondary N) is 1. The number of aromatic nitrogens is 3. The number of fused-ring (bicyclic) bond motifs is 1. The molecule has 3 aromatic rings. The molecule has 0 bridgehead atoms. The van der Waals surface area contributed by atoms with Crippen LogP contribution in [0, 0.1) is 0 Å². The van der Waals surface area contributed by atoms with Gasteiger partial charge in [-0.2, -0.15) is 13.2 Å². The highest BCUT2D eigenvalue weighted by atomic mass is 35.5. The van der Waals surface area contributed by atoms with E-state index in [2.05, 4.69) is 20.4 Å². The second-order valence-corrected chi connectivity index (χ2v) is 4.45. The minimum absolute atomic E-state index is 0.141. The van der Waals surface area contributed by atoms with Crippen LogP contribution in [0.15, 0.2) is 35.1 Å². The van der Waals surface area contributed by atoms with Gasteiger partial charge in [0.2, 0.25) is 0 Å². The number of alkyl halides is 3. The average molecular weight is 315 g/mol. The van der Waals surface area contributed by atoms with Crippen LogP contribution >= 0.6 is 11.6 Å². The highest BCUT2D eigenvalue weighted by Crippen LogP contribution is 2.35. The number of rotatable bonds is 2. The van der Waals surface area contributed by atoms with E-state index in [1.165, 1.54) is 18.3 Å². The number of hydrogen-bond acceptors (Lipinski definition) is 5. The highest BCUT2D eigenvalue weighted by molar-refractivity contribution is 6.29. The van der Waals surface area contributed by atoms with Gasteiger partial charge < -0.3 is 9.84 Å². The summed E-state index contributed by atoms with van der Waals surface area (Å²) >= 11 is 5.65. The molecule has 0 amide bonds. The molecule has 0 saturated heterocycles. The van der Waals surface area contributed by atoms with E-state index in [4.69, 9.17) is 16.1 Å². The summed E-state index contributed by atoms with van der Waals surface area (Å²) in [6.45, 7) is 0. The van der Waals surface area contributed by atoms with Crippen molar-refractivity contribution in [3.8, 4) is 0 Å². The van der Waals surface area contributed by atoms with Gasteiger partial charge in [0.05, 0.1) is 17.3 Å². The van der Waals surface area contributed by atoms with Crippen molar-refractivity contribution in [2.45, 2.75) is 6.18 Å². The fraction of sp³-hybridized carbons (Fsp3) is 0.0833. The molecule has 3 aromatic heterocycles. The summed E-state index contributed by atoms with van der Waals surface area (Å²) in [7, 11) is 0. The quantitative estimate of drug-likeness (QED) is 0.723. The van der Waals surface area contributed by atoms with Crippen LogP contribution in [0.2, 0.25) is 5.15 Å². The molecule has 0 spiro atoms. The van der Waals surface area contributed by atoms with E-state index < -0.39 is 17.5 Å². The molecule has 0 aliphatic heterocycles. The molecule has 0 radical (unpaired) electrons. The van der Waals surface area contributed by atoms with E-state index >= 15 is 0 Å². The van der Waals surface area contributed by atoms with Crippen LogP contribution in [0.25, 0.3) is 11.0 Å². The van der Waals surface area contributed by atoms with Crippen LogP contribution in [-0.4, -0.2) is 15.1 Å². The molecule has 9 heteroatoms. The number of pyridine rings is 2. The van der Waals surface area contributed by atoms with E-state index in [-0.39, 0.29) is 11.2 Å². The summed E-state index contributed by atoms with van der Waals surface area (Å²) in [6.07, 6.45) is -2.14. The molecule has 0 saturated carbocycles. The van der Waals surface area contributed by atoms with Gasteiger partial charge in [0.1, 0.15) is 5.15 Å². The first-order chi connectivity index (χ1) is 9.95. The summed E-state index contributed by atoms with van der Waals surface area (Å²) in [5, 5.41) is 6.89. The topological polar surface area (TPSA) is 63.8 Å². The summed E-state index contributed by atoms with van der Waals surface area (Å²) in [5.74, 6) is 0.141. The molecular weight excluding hydrogens is 309 g/mol. The zero-order valence-corrected chi connectivity index (χ0v) is 10.9. The molecule has 1 N–H and O–H groups in total. The Morgan fingerprint density at radius 1 is 1.14 bits per heavy atom. The lowest BCUT2D eigenvalue weighted by atomic mass is 10.2. The Morgan fingerprint density at radius 2 is 1.95 bits per heavy atom.